The summed E-state index contributed by atoms with van der Waals surface area (Å²) in [5, 5.41) is 4.78. The van der Waals surface area contributed by atoms with Crippen molar-refractivity contribution in [1.82, 2.24) is 9.13 Å². The molecule has 6 heteroatoms. The molecule has 17 aromatic rings. The molecule has 1 aliphatic carbocycles. The number of aromatic nitrogens is 2. The molecule has 2 heterocycles. The first-order valence-corrected chi connectivity index (χ1v) is 34.1. The van der Waals surface area contributed by atoms with Crippen molar-refractivity contribution < 1.29 is 0 Å². The van der Waals surface area contributed by atoms with Gasteiger partial charge < -0.3 is 28.7 Å². The summed E-state index contributed by atoms with van der Waals surface area (Å²) in [7, 11) is 0. The predicted octanol–water partition coefficient (Wildman–Crippen LogP) is 25.7. The number of anilines is 12. The Kier molecular flexibility index (Phi) is 14.5. The Morgan fingerprint density at radius 2 is 0.505 bits per heavy atom. The van der Waals surface area contributed by atoms with E-state index in [0.717, 1.165) is 102 Å². The van der Waals surface area contributed by atoms with Crippen molar-refractivity contribution in [2.24, 2.45) is 0 Å². The third-order valence-electron chi connectivity index (χ3n) is 20.0. The van der Waals surface area contributed by atoms with Crippen LogP contribution in [0.15, 0.2) is 376 Å². The van der Waals surface area contributed by atoms with Crippen LogP contribution in [-0.2, 0) is 5.41 Å². The number of hydrogen-bond donors (Lipinski definition) is 0. The minimum absolute atomic E-state index is 0.269. The molecular formula is C93H68N6. The molecule has 0 spiro atoms. The first-order valence-electron chi connectivity index (χ1n) is 34.1. The van der Waals surface area contributed by atoms with E-state index in [0.29, 0.717) is 0 Å². The molecule has 1 aliphatic rings. The Balaban J connectivity index is 0.677. The summed E-state index contributed by atoms with van der Waals surface area (Å²) in [6.07, 6.45) is 0. The van der Waals surface area contributed by atoms with Crippen LogP contribution >= 0.6 is 0 Å². The van der Waals surface area contributed by atoms with E-state index in [1.807, 2.05) is 0 Å². The standard InChI is InChI=1S/C93H68N6/c1-93(2)87-63-79(94(67-28-9-3-10-29-67)68-30-11-4-12-31-68)51-55-81(87)82-56-52-80(64-88(82)93)95(69-32-13-5-14-33-69)74-40-25-27-66(59-74)65-47-49-73(50-48-65)99-90-46-24-22-44-84(90)86-62-78(54-58-92(86)99)97(71-36-17-7-18-37-71)76-42-26-41-75(60-76)96(70-34-15-6-16-35-70)77-53-57-91-85(61-77)83-43-21-23-45-89(83)98(91)72-38-19-8-20-39-72/h3-64H,1-2H3. The second kappa shape index (κ2) is 24.4. The largest absolute Gasteiger partial charge is 0.310 e. The van der Waals surface area contributed by atoms with Crippen molar-refractivity contribution in [3.63, 3.8) is 0 Å². The van der Waals surface area contributed by atoms with E-state index in [4.69, 9.17) is 0 Å². The van der Waals surface area contributed by atoms with Gasteiger partial charge in [0.1, 0.15) is 0 Å². The lowest BCUT2D eigenvalue weighted by molar-refractivity contribution is 0.660. The predicted molar refractivity (Wildman–Crippen MR) is 417 cm³/mol. The number of hydrogen-bond acceptors (Lipinski definition) is 4. The maximum absolute atomic E-state index is 2.43. The smallest absolute Gasteiger partial charge is 0.0542 e. The summed E-state index contributed by atoms with van der Waals surface area (Å²) < 4.78 is 4.79. The summed E-state index contributed by atoms with van der Waals surface area (Å²) in [6.45, 7) is 4.76. The van der Waals surface area contributed by atoms with Crippen molar-refractivity contribution in [3.8, 4) is 33.6 Å². The van der Waals surface area contributed by atoms with Crippen LogP contribution in [0.3, 0.4) is 0 Å². The lowest BCUT2D eigenvalue weighted by Gasteiger charge is -2.29. The van der Waals surface area contributed by atoms with E-state index >= 15 is 0 Å². The Hall–Kier alpha value is -12.9. The fraction of sp³-hybridized carbons (Fsp3) is 0.0323. The van der Waals surface area contributed by atoms with E-state index in [2.05, 4.69) is 419 Å². The number of nitrogens with zero attached hydrogens (tertiary/aromatic N) is 6. The molecule has 0 unspecified atom stereocenters. The highest BCUT2D eigenvalue weighted by molar-refractivity contribution is 6.12. The molecular weight excluding hydrogens is 1200 g/mol. The van der Waals surface area contributed by atoms with Crippen LogP contribution in [0.4, 0.5) is 68.2 Å². The zero-order valence-electron chi connectivity index (χ0n) is 55.0. The van der Waals surface area contributed by atoms with Gasteiger partial charge in [-0.3, -0.25) is 0 Å². The number of para-hydroxylation sites is 8. The summed E-state index contributed by atoms with van der Waals surface area (Å²) in [5.74, 6) is 0. The average molecular weight is 1270 g/mol. The molecule has 0 N–H and O–H groups in total. The van der Waals surface area contributed by atoms with Crippen LogP contribution in [0.2, 0.25) is 0 Å². The third kappa shape index (κ3) is 10.3. The first kappa shape index (κ1) is 58.7. The normalized spacial score (nSPS) is 12.2. The summed E-state index contributed by atoms with van der Waals surface area (Å²) in [6, 6.07) is 137. The number of benzene rings is 15. The molecule has 0 fully saturated rings. The quantitative estimate of drug-likeness (QED) is 0.102. The van der Waals surface area contributed by atoms with E-state index in [-0.39, 0.29) is 5.41 Å². The molecule has 99 heavy (non-hydrogen) atoms. The summed E-state index contributed by atoms with van der Waals surface area (Å²) in [5.41, 5.74) is 27.1. The lowest BCUT2D eigenvalue weighted by atomic mass is 9.82. The molecule has 0 radical (unpaired) electrons. The van der Waals surface area contributed by atoms with Gasteiger partial charge in [-0.15, -0.1) is 0 Å². The van der Waals surface area contributed by atoms with E-state index in [9.17, 15) is 0 Å². The molecule has 470 valence electrons. The Labute approximate surface area is 577 Å². The Morgan fingerprint density at radius 1 is 0.202 bits per heavy atom. The van der Waals surface area contributed by atoms with Gasteiger partial charge in [0.05, 0.1) is 22.1 Å². The van der Waals surface area contributed by atoms with Crippen molar-refractivity contribution in [2.75, 3.05) is 19.6 Å². The van der Waals surface area contributed by atoms with Crippen LogP contribution in [0, 0.1) is 0 Å². The highest BCUT2D eigenvalue weighted by Gasteiger charge is 2.37. The minimum atomic E-state index is -0.269. The lowest BCUT2D eigenvalue weighted by Crippen LogP contribution is -2.17. The topological polar surface area (TPSA) is 22.8 Å². The van der Waals surface area contributed by atoms with E-state index in [1.54, 1.807) is 0 Å². The van der Waals surface area contributed by atoms with Crippen molar-refractivity contribution >= 4 is 112 Å². The average Bonchev–Trinajstić information content (AvgIpc) is 1.63. The fourth-order valence-corrected chi connectivity index (χ4v) is 15.4. The monoisotopic (exact) mass is 1270 g/mol. The first-order chi connectivity index (χ1) is 48.9. The fourth-order valence-electron chi connectivity index (χ4n) is 15.4. The molecule has 18 rings (SSSR count). The summed E-state index contributed by atoms with van der Waals surface area (Å²) in [4.78, 5) is 9.54. The highest BCUT2D eigenvalue weighted by atomic mass is 15.2. The third-order valence-corrected chi connectivity index (χ3v) is 20.0. The molecule has 15 aromatic carbocycles. The number of rotatable bonds is 15. The minimum Gasteiger partial charge on any atom is -0.310 e. The van der Waals surface area contributed by atoms with Crippen molar-refractivity contribution in [1.29, 1.82) is 0 Å². The van der Waals surface area contributed by atoms with Gasteiger partial charge in [0.25, 0.3) is 0 Å². The molecule has 6 nitrogen and oxygen atoms in total. The highest BCUT2D eigenvalue weighted by Crippen LogP contribution is 2.53. The van der Waals surface area contributed by atoms with E-state index < -0.39 is 0 Å². The van der Waals surface area contributed by atoms with Gasteiger partial charge in [0, 0.05) is 107 Å². The molecule has 2 aromatic heterocycles. The molecule has 0 atom stereocenters. The Bertz CT molecular complexity index is 5790. The molecule has 0 bridgehead atoms. The van der Waals surface area contributed by atoms with Crippen LogP contribution in [0.25, 0.3) is 77.2 Å². The summed E-state index contributed by atoms with van der Waals surface area (Å²) >= 11 is 0. The Morgan fingerprint density at radius 3 is 0.929 bits per heavy atom. The van der Waals surface area contributed by atoms with Gasteiger partial charge in [0.15, 0.2) is 0 Å². The second-order valence-electron chi connectivity index (χ2n) is 26.2. The molecule has 0 aliphatic heterocycles. The maximum Gasteiger partial charge on any atom is 0.0542 e. The van der Waals surface area contributed by atoms with Crippen LogP contribution in [0.1, 0.15) is 25.0 Å². The molecule has 0 saturated heterocycles. The van der Waals surface area contributed by atoms with Crippen molar-refractivity contribution in [2.45, 2.75) is 19.3 Å². The molecule has 0 amide bonds. The number of fused-ring (bicyclic) bond motifs is 9. The van der Waals surface area contributed by atoms with Gasteiger partial charge in [-0.05, 0) is 221 Å². The second-order valence-corrected chi connectivity index (χ2v) is 26.2. The van der Waals surface area contributed by atoms with Gasteiger partial charge in [-0.2, -0.15) is 0 Å². The van der Waals surface area contributed by atoms with Crippen LogP contribution in [0.5, 0.6) is 0 Å². The zero-order chi connectivity index (χ0) is 66.0. The van der Waals surface area contributed by atoms with Crippen molar-refractivity contribution in [3.05, 3.63) is 387 Å². The molecule has 0 saturated carbocycles. The van der Waals surface area contributed by atoms with Gasteiger partial charge >= 0.3 is 0 Å². The van der Waals surface area contributed by atoms with Gasteiger partial charge in [0.2, 0.25) is 0 Å². The SMILES string of the molecule is CC1(C)c2cc(N(c3ccccc3)c3ccccc3)ccc2-c2ccc(N(c3ccccc3)c3cccc(-c4ccc(-n5c6ccccc6c6cc(N(c7ccccc7)c7cccc(N(c8ccccc8)c8ccc9c(c8)c8ccccc8n9-c8ccccc8)c7)ccc65)cc4)c3)cc21. The van der Waals surface area contributed by atoms with Crippen LogP contribution in [-0.4, -0.2) is 9.13 Å². The maximum atomic E-state index is 2.43. The zero-order valence-corrected chi connectivity index (χ0v) is 55.0. The van der Waals surface area contributed by atoms with Crippen LogP contribution < -0.4 is 19.6 Å². The van der Waals surface area contributed by atoms with Gasteiger partial charge in [-0.25, -0.2) is 0 Å². The van der Waals surface area contributed by atoms with E-state index in [1.165, 1.54) is 54.8 Å². The van der Waals surface area contributed by atoms with Gasteiger partial charge in [-0.1, -0.05) is 202 Å².